The van der Waals surface area contributed by atoms with Crippen LogP contribution in [0.1, 0.15) is 43.9 Å². The van der Waals surface area contributed by atoms with Crippen LogP contribution in [0.5, 0.6) is 5.75 Å². The van der Waals surface area contributed by atoms with Crippen molar-refractivity contribution in [3.63, 3.8) is 0 Å². The predicted molar refractivity (Wildman–Crippen MR) is 194 cm³/mol. The van der Waals surface area contributed by atoms with Crippen molar-refractivity contribution in [1.29, 1.82) is 0 Å². The lowest BCUT2D eigenvalue weighted by Crippen LogP contribution is -2.54. The maximum atomic E-state index is 14.8. The molecular weight excluding hydrogens is 643 g/mol. The third-order valence-electron chi connectivity index (χ3n) is 8.23. The first-order valence-electron chi connectivity index (χ1n) is 16.2. The Morgan fingerprint density at radius 2 is 1.52 bits per heavy atom. The summed E-state index contributed by atoms with van der Waals surface area (Å²) < 4.78 is 35.9. The molecule has 4 aromatic rings. The molecule has 4 aromatic carbocycles. The second-order valence-corrected chi connectivity index (χ2v) is 14.3. The molecule has 0 spiro atoms. The van der Waals surface area contributed by atoms with Gasteiger partial charge in [0.1, 0.15) is 18.3 Å². The van der Waals surface area contributed by atoms with Crippen molar-refractivity contribution in [2.24, 2.45) is 0 Å². The van der Waals surface area contributed by atoms with Crippen LogP contribution in [0.4, 0.5) is 5.69 Å². The number of hydrogen-bond acceptors (Lipinski definition) is 6. The summed E-state index contributed by atoms with van der Waals surface area (Å²) in [6, 6.07) is 29.6. The Balaban J connectivity index is 1.85. The lowest BCUT2D eigenvalue weighted by atomic mass is 10.0. The number of amides is 2. The lowest BCUT2D eigenvalue weighted by molar-refractivity contribution is -0.140. The van der Waals surface area contributed by atoms with E-state index in [0.717, 1.165) is 25.9 Å². The summed E-state index contributed by atoms with van der Waals surface area (Å²) >= 11 is 1.50. The van der Waals surface area contributed by atoms with E-state index in [1.807, 2.05) is 88.5 Å². The SMILES string of the molecule is CCOc1ccccc1N(CC(=O)N(Cc1ccccc1C)[C@@H](Cc1ccccc1)C(=O)N[C@@H](C)CC)S(=O)(=O)c1ccc(SC)cc1. The average Bonchev–Trinajstić information content (AvgIpc) is 3.10. The monoisotopic (exact) mass is 687 g/mol. The third kappa shape index (κ3) is 9.20. The first-order valence-corrected chi connectivity index (χ1v) is 18.8. The van der Waals surface area contributed by atoms with E-state index in [0.29, 0.717) is 18.8 Å². The van der Waals surface area contributed by atoms with Crippen LogP contribution in [-0.2, 0) is 32.6 Å². The second kappa shape index (κ2) is 17.2. The number of benzene rings is 4. The Morgan fingerprint density at radius 3 is 2.17 bits per heavy atom. The first-order chi connectivity index (χ1) is 23.1. The van der Waals surface area contributed by atoms with E-state index in [1.54, 1.807) is 48.5 Å². The number of carbonyl (C=O) groups excluding carboxylic acids is 2. The molecule has 2 atom stereocenters. The molecule has 0 bridgehead atoms. The summed E-state index contributed by atoms with van der Waals surface area (Å²) in [5.74, 6) is -0.487. The van der Waals surface area contributed by atoms with Gasteiger partial charge < -0.3 is 15.0 Å². The van der Waals surface area contributed by atoms with E-state index in [2.05, 4.69) is 5.32 Å². The van der Waals surface area contributed by atoms with Crippen molar-refractivity contribution in [3.05, 3.63) is 120 Å². The molecule has 10 heteroatoms. The van der Waals surface area contributed by atoms with Gasteiger partial charge in [-0.15, -0.1) is 11.8 Å². The first kappa shape index (κ1) is 36.6. The fourth-order valence-electron chi connectivity index (χ4n) is 5.30. The topological polar surface area (TPSA) is 96.0 Å². The minimum Gasteiger partial charge on any atom is -0.492 e. The maximum Gasteiger partial charge on any atom is 0.264 e. The normalized spacial score (nSPS) is 12.5. The van der Waals surface area contributed by atoms with Gasteiger partial charge in [0.15, 0.2) is 0 Å². The molecule has 0 heterocycles. The number of hydrogen-bond donors (Lipinski definition) is 1. The highest BCUT2D eigenvalue weighted by atomic mass is 32.2. The number of para-hydroxylation sites is 2. The zero-order valence-electron chi connectivity index (χ0n) is 28.3. The number of ether oxygens (including phenoxy) is 1. The van der Waals surface area contributed by atoms with Gasteiger partial charge >= 0.3 is 0 Å². The number of nitrogens with zero attached hydrogens (tertiary/aromatic N) is 2. The zero-order chi connectivity index (χ0) is 34.7. The Bertz CT molecular complexity index is 1760. The summed E-state index contributed by atoms with van der Waals surface area (Å²) in [7, 11) is -4.26. The zero-order valence-corrected chi connectivity index (χ0v) is 29.9. The summed E-state index contributed by atoms with van der Waals surface area (Å²) in [6.07, 6.45) is 2.88. The fourth-order valence-corrected chi connectivity index (χ4v) is 7.13. The van der Waals surface area contributed by atoms with E-state index in [-0.39, 0.29) is 35.5 Å². The molecule has 0 aliphatic heterocycles. The van der Waals surface area contributed by atoms with Crippen molar-refractivity contribution in [2.75, 3.05) is 23.7 Å². The van der Waals surface area contributed by atoms with Crippen LogP contribution in [-0.4, -0.2) is 56.6 Å². The minimum absolute atomic E-state index is 0.0419. The smallest absolute Gasteiger partial charge is 0.264 e. The standard InChI is InChI=1S/C38H45N3O5S2/c1-6-29(4)39-38(43)35(25-30-16-9-8-10-17-30)40(26-31-18-12-11-15-28(31)3)37(42)27-41(34-19-13-14-20-36(34)46-7-2)48(44,45)33-23-21-32(47-5)22-24-33/h8-24,29,35H,6-7,25-27H2,1-5H3,(H,39,43)/t29-,35-/m0/s1. The van der Waals surface area contributed by atoms with Gasteiger partial charge in [-0.2, -0.15) is 0 Å². The molecule has 0 saturated carbocycles. The maximum absolute atomic E-state index is 14.8. The molecule has 1 N–H and O–H groups in total. The molecule has 8 nitrogen and oxygen atoms in total. The van der Waals surface area contributed by atoms with Crippen molar-refractivity contribution in [2.45, 2.75) is 69.0 Å². The average molecular weight is 688 g/mol. The van der Waals surface area contributed by atoms with Gasteiger partial charge in [-0.25, -0.2) is 8.42 Å². The molecule has 0 radical (unpaired) electrons. The molecule has 4 rings (SSSR count). The Kier molecular flexibility index (Phi) is 13.1. The number of nitrogens with one attached hydrogen (secondary N) is 1. The Hall–Kier alpha value is -4.28. The second-order valence-electron chi connectivity index (χ2n) is 11.6. The van der Waals surface area contributed by atoms with Crippen LogP contribution in [0.3, 0.4) is 0 Å². The quantitative estimate of drug-likeness (QED) is 0.129. The number of rotatable bonds is 16. The molecule has 0 aliphatic rings. The van der Waals surface area contributed by atoms with Gasteiger partial charge in [0.2, 0.25) is 11.8 Å². The van der Waals surface area contributed by atoms with Gasteiger partial charge in [0.25, 0.3) is 10.0 Å². The Morgan fingerprint density at radius 1 is 0.875 bits per heavy atom. The van der Waals surface area contributed by atoms with Gasteiger partial charge in [-0.05, 0) is 86.5 Å². The molecule has 0 aromatic heterocycles. The van der Waals surface area contributed by atoms with Gasteiger partial charge in [-0.3, -0.25) is 13.9 Å². The molecule has 0 saturated heterocycles. The summed E-state index contributed by atoms with van der Waals surface area (Å²) in [6.45, 7) is 7.54. The molecule has 0 fully saturated rings. The van der Waals surface area contributed by atoms with Crippen LogP contribution in [0.25, 0.3) is 0 Å². The van der Waals surface area contributed by atoms with E-state index in [4.69, 9.17) is 4.74 Å². The Labute approximate surface area is 289 Å². The van der Waals surface area contributed by atoms with Gasteiger partial charge in [-0.1, -0.05) is 73.7 Å². The lowest BCUT2D eigenvalue weighted by Gasteiger charge is -2.35. The van der Waals surface area contributed by atoms with Crippen LogP contribution in [0.15, 0.2) is 113 Å². The number of carbonyl (C=O) groups is 2. The molecular formula is C38H45N3O5S2. The highest BCUT2D eigenvalue weighted by Crippen LogP contribution is 2.33. The van der Waals surface area contributed by atoms with Crippen LogP contribution in [0, 0.1) is 6.92 Å². The number of aryl methyl sites for hydroxylation is 1. The number of sulfonamides is 1. The van der Waals surface area contributed by atoms with Crippen LogP contribution < -0.4 is 14.4 Å². The van der Waals surface area contributed by atoms with E-state index < -0.39 is 28.5 Å². The number of thioether (sulfide) groups is 1. The fraction of sp³-hybridized carbons (Fsp3) is 0.316. The van der Waals surface area contributed by atoms with Gasteiger partial charge in [0, 0.05) is 23.9 Å². The molecule has 48 heavy (non-hydrogen) atoms. The third-order valence-corrected chi connectivity index (χ3v) is 10.8. The van der Waals surface area contributed by atoms with Crippen LogP contribution in [0.2, 0.25) is 0 Å². The summed E-state index contributed by atoms with van der Waals surface area (Å²) in [4.78, 5) is 31.3. The van der Waals surface area contributed by atoms with Crippen molar-refractivity contribution in [3.8, 4) is 5.75 Å². The largest absolute Gasteiger partial charge is 0.492 e. The molecule has 2 amide bonds. The van der Waals surface area contributed by atoms with Crippen LogP contribution >= 0.6 is 11.8 Å². The highest BCUT2D eigenvalue weighted by molar-refractivity contribution is 7.98. The molecule has 254 valence electrons. The minimum atomic E-state index is -4.26. The van der Waals surface area contributed by atoms with Crippen molar-refractivity contribution in [1.82, 2.24) is 10.2 Å². The van der Waals surface area contributed by atoms with E-state index >= 15 is 0 Å². The highest BCUT2D eigenvalue weighted by Gasteiger charge is 2.36. The van der Waals surface area contributed by atoms with E-state index in [9.17, 15) is 18.0 Å². The summed E-state index contributed by atoms with van der Waals surface area (Å²) in [5.41, 5.74) is 2.93. The van der Waals surface area contributed by atoms with Gasteiger partial charge in [0.05, 0.1) is 17.2 Å². The number of anilines is 1. The molecule has 0 unspecified atom stereocenters. The van der Waals surface area contributed by atoms with E-state index in [1.165, 1.54) is 16.7 Å². The summed E-state index contributed by atoms with van der Waals surface area (Å²) in [5, 5.41) is 3.08. The predicted octanol–water partition coefficient (Wildman–Crippen LogP) is 6.87. The van der Waals surface area contributed by atoms with Crippen molar-refractivity contribution >= 4 is 39.3 Å². The molecule has 0 aliphatic carbocycles. The van der Waals surface area contributed by atoms with Crippen molar-refractivity contribution < 1.29 is 22.7 Å².